The average Bonchev–Trinajstić information content (AvgIpc) is 1.99. The molecule has 0 bridgehead atoms. The molecular formula is C11H14O4. The number of carbonyl (C=O) groups is 2. The third-order valence-corrected chi connectivity index (χ3v) is 2.64. The summed E-state index contributed by atoms with van der Waals surface area (Å²) in [4.78, 5) is 21.8. The van der Waals surface area contributed by atoms with Crippen LogP contribution in [0, 0.1) is 11.3 Å². The molecule has 0 heterocycles. The van der Waals surface area contributed by atoms with Gasteiger partial charge in [0.25, 0.3) is 0 Å². The molecule has 15 heavy (non-hydrogen) atoms. The first kappa shape index (κ1) is 11.5. The van der Waals surface area contributed by atoms with Crippen LogP contribution in [0.25, 0.3) is 0 Å². The van der Waals surface area contributed by atoms with E-state index in [-0.39, 0.29) is 5.57 Å². The Morgan fingerprint density at radius 2 is 1.87 bits per heavy atom. The standard InChI is InChI=1S/C11H14O4/c1-6-5-11(2,3)8(10(14)15)4-7(6)9(12)13/h4-5,8H,1-3H3,(H,12,13)(H,14,15). The van der Waals surface area contributed by atoms with Gasteiger partial charge in [0.1, 0.15) is 0 Å². The Balaban J connectivity index is 3.21. The summed E-state index contributed by atoms with van der Waals surface area (Å²) in [6, 6.07) is 0. The lowest BCUT2D eigenvalue weighted by atomic mass is 9.72. The highest BCUT2D eigenvalue weighted by molar-refractivity contribution is 5.93. The van der Waals surface area contributed by atoms with Crippen LogP contribution in [0.1, 0.15) is 20.8 Å². The molecule has 0 spiro atoms. The molecular weight excluding hydrogens is 196 g/mol. The number of hydrogen-bond acceptors (Lipinski definition) is 2. The van der Waals surface area contributed by atoms with Gasteiger partial charge in [-0.3, -0.25) is 4.79 Å². The highest BCUT2D eigenvalue weighted by Gasteiger charge is 2.36. The molecule has 2 N–H and O–H groups in total. The normalized spacial score (nSPS) is 24.1. The van der Waals surface area contributed by atoms with Crippen molar-refractivity contribution in [1.29, 1.82) is 0 Å². The van der Waals surface area contributed by atoms with Gasteiger partial charge in [-0.15, -0.1) is 0 Å². The third-order valence-electron chi connectivity index (χ3n) is 2.64. The second-order valence-corrected chi connectivity index (χ2v) is 4.35. The van der Waals surface area contributed by atoms with Crippen molar-refractivity contribution in [2.45, 2.75) is 20.8 Å². The summed E-state index contributed by atoms with van der Waals surface area (Å²) in [7, 11) is 0. The Labute approximate surface area is 87.9 Å². The van der Waals surface area contributed by atoms with Crippen LogP contribution in [0.4, 0.5) is 0 Å². The van der Waals surface area contributed by atoms with Crippen molar-refractivity contribution in [3.05, 3.63) is 23.3 Å². The van der Waals surface area contributed by atoms with E-state index in [0.717, 1.165) is 0 Å². The van der Waals surface area contributed by atoms with E-state index in [0.29, 0.717) is 5.57 Å². The van der Waals surface area contributed by atoms with Crippen molar-refractivity contribution in [1.82, 2.24) is 0 Å². The summed E-state index contributed by atoms with van der Waals surface area (Å²) in [5, 5.41) is 17.9. The maximum atomic E-state index is 11.0. The van der Waals surface area contributed by atoms with Gasteiger partial charge in [0.2, 0.25) is 0 Å². The second-order valence-electron chi connectivity index (χ2n) is 4.35. The van der Waals surface area contributed by atoms with Gasteiger partial charge in [-0.05, 0) is 17.9 Å². The van der Waals surface area contributed by atoms with Crippen molar-refractivity contribution in [3.8, 4) is 0 Å². The molecule has 1 atom stereocenters. The van der Waals surface area contributed by atoms with E-state index in [1.54, 1.807) is 26.8 Å². The Morgan fingerprint density at radius 1 is 1.33 bits per heavy atom. The fourth-order valence-corrected chi connectivity index (χ4v) is 1.87. The predicted molar refractivity (Wildman–Crippen MR) is 54.4 cm³/mol. The molecule has 0 aliphatic heterocycles. The molecule has 82 valence electrons. The number of aliphatic carboxylic acids is 2. The molecule has 0 saturated heterocycles. The Kier molecular flexibility index (Phi) is 2.71. The van der Waals surface area contributed by atoms with Crippen LogP contribution in [-0.4, -0.2) is 22.2 Å². The van der Waals surface area contributed by atoms with E-state index in [2.05, 4.69) is 0 Å². The van der Waals surface area contributed by atoms with Crippen molar-refractivity contribution in [2.24, 2.45) is 11.3 Å². The van der Waals surface area contributed by atoms with Crippen LogP contribution in [0.15, 0.2) is 23.3 Å². The van der Waals surface area contributed by atoms with Gasteiger partial charge in [-0.25, -0.2) is 4.79 Å². The first-order chi connectivity index (χ1) is 6.75. The fourth-order valence-electron chi connectivity index (χ4n) is 1.87. The Bertz CT molecular complexity index is 374. The number of allylic oxidation sites excluding steroid dienone is 1. The number of rotatable bonds is 2. The monoisotopic (exact) mass is 210 g/mol. The molecule has 1 aliphatic rings. The summed E-state index contributed by atoms with van der Waals surface area (Å²) < 4.78 is 0. The molecule has 0 aromatic rings. The zero-order valence-corrected chi connectivity index (χ0v) is 8.94. The molecule has 1 unspecified atom stereocenters. The molecule has 0 radical (unpaired) electrons. The SMILES string of the molecule is CC1=CC(C)(C)C(C(=O)O)C=C1C(=O)O. The highest BCUT2D eigenvalue weighted by Crippen LogP contribution is 2.37. The van der Waals surface area contributed by atoms with Crippen LogP contribution in [0.5, 0.6) is 0 Å². The van der Waals surface area contributed by atoms with Gasteiger partial charge in [-0.2, -0.15) is 0 Å². The Hall–Kier alpha value is -1.58. The quantitative estimate of drug-likeness (QED) is 0.727. The van der Waals surface area contributed by atoms with E-state index < -0.39 is 23.3 Å². The minimum absolute atomic E-state index is 0.0849. The molecule has 0 fully saturated rings. The highest BCUT2D eigenvalue weighted by atomic mass is 16.4. The van der Waals surface area contributed by atoms with Gasteiger partial charge in [0, 0.05) is 0 Å². The van der Waals surface area contributed by atoms with Gasteiger partial charge in [0.05, 0.1) is 11.5 Å². The molecule has 1 rings (SSSR count). The number of hydrogen-bond donors (Lipinski definition) is 2. The van der Waals surface area contributed by atoms with Crippen LogP contribution in [0.2, 0.25) is 0 Å². The Morgan fingerprint density at radius 3 is 2.27 bits per heavy atom. The van der Waals surface area contributed by atoms with E-state index in [9.17, 15) is 9.59 Å². The van der Waals surface area contributed by atoms with Gasteiger partial charge < -0.3 is 10.2 Å². The largest absolute Gasteiger partial charge is 0.481 e. The third kappa shape index (κ3) is 2.09. The van der Waals surface area contributed by atoms with E-state index >= 15 is 0 Å². The van der Waals surface area contributed by atoms with Crippen LogP contribution in [-0.2, 0) is 9.59 Å². The average molecular weight is 210 g/mol. The smallest absolute Gasteiger partial charge is 0.335 e. The summed E-state index contributed by atoms with van der Waals surface area (Å²) in [6.07, 6.45) is 3.02. The fraction of sp³-hybridized carbons (Fsp3) is 0.455. The van der Waals surface area contributed by atoms with Crippen molar-refractivity contribution in [3.63, 3.8) is 0 Å². The number of carboxylic acid groups (broad SMARTS) is 2. The van der Waals surface area contributed by atoms with E-state index in [1.165, 1.54) is 6.08 Å². The minimum Gasteiger partial charge on any atom is -0.481 e. The summed E-state index contributed by atoms with van der Waals surface area (Å²) in [5.41, 5.74) is 0.154. The molecule has 4 nitrogen and oxygen atoms in total. The molecule has 1 aliphatic carbocycles. The first-order valence-corrected chi connectivity index (χ1v) is 4.63. The van der Waals surface area contributed by atoms with Crippen LogP contribution < -0.4 is 0 Å². The lowest BCUT2D eigenvalue weighted by Crippen LogP contribution is -2.31. The zero-order valence-electron chi connectivity index (χ0n) is 8.94. The summed E-state index contributed by atoms with van der Waals surface area (Å²) >= 11 is 0. The summed E-state index contributed by atoms with van der Waals surface area (Å²) in [5.74, 6) is -2.86. The summed E-state index contributed by atoms with van der Waals surface area (Å²) in [6.45, 7) is 5.24. The number of carboxylic acids is 2. The minimum atomic E-state index is -1.08. The van der Waals surface area contributed by atoms with Crippen molar-refractivity contribution < 1.29 is 19.8 Å². The molecule has 0 aromatic carbocycles. The maximum absolute atomic E-state index is 11.0. The topological polar surface area (TPSA) is 74.6 Å². The lowest BCUT2D eigenvalue weighted by Gasteiger charge is -2.31. The van der Waals surface area contributed by atoms with Gasteiger partial charge in [0.15, 0.2) is 0 Å². The van der Waals surface area contributed by atoms with Gasteiger partial charge >= 0.3 is 11.9 Å². The van der Waals surface area contributed by atoms with E-state index in [1.807, 2.05) is 0 Å². The zero-order chi connectivity index (χ0) is 11.8. The van der Waals surface area contributed by atoms with Crippen molar-refractivity contribution >= 4 is 11.9 Å². The lowest BCUT2D eigenvalue weighted by molar-refractivity contribution is -0.142. The maximum Gasteiger partial charge on any atom is 0.335 e. The second kappa shape index (κ2) is 3.53. The first-order valence-electron chi connectivity index (χ1n) is 4.63. The molecule has 0 saturated carbocycles. The molecule has 4 heteroatoms. The van der Waals surface area contributed by atoms with Crippen LogP contribution in [0.3, 0.4) is 0 Å². The molecule has 0 amide bonds. The van der Waals surface area contributed by atoms with Crippen molar-refractivity contribution in [2.75, 3.05) is 0 Å². The van der Waals surface area contributed by atoms with E-state index in [4.69, 9.17) is 10.2 Å². The van der Waals surface area contributed by atoms with Gasteiger partial charge in [-0.1, -0.05) is 26.0 Å². The van der Waals surface area contributed by atoms with Crippen LogP contribution >= 0.6 is 0 Å². The predicted octanol–water partition coefficient (Wildman–Crippen LogP) is 1.68. The molecule has 0 aromatic heterocycles.